The van der Waals surface area contributed by atoms with E-state index >= 15 is 0 Å². The number of amides is 2. The second-order valence-corrected chi connectivity index (χ2v) is 14.0. The summed E-state index contributed by atoms with van der Waals surface area (Å²) >= 11 is 5.74. The first-order chi connectivity index (χ1) is 18.7. The number of rotatable bonds is 2. The normalized spacial score (nSPS) is 16.2. The van der Waals surface area contributed by atoms with Crippen molar-refractivity contribution >= 4 is 62.1 Å². The molecule has 0 spiro atoms. The van der Waals surface area contributed by atoms with Gasteiger partial charge in [-0.1, -0.05) is 15.9 Å². The molecule has 0 radical (unpaired) electrons. The maximum Gasteiger partial charge on any atom is 0.410 e. The molecule has 220 valence electrons. The van der Waals surface area contributed by atoms with Gasteiger partial charge in [0, 0.05) is 71.8 Å². The highest BCUT2D eigenvalue weighted by Gasteiger charge is 2.27. The molecule has 2 fully saturated rings. The van der Waals surface area contributed by atoms with E-state index in [1.165, 1.54) is 14.9 Å². The number of hydrogen-bond acceptors (Lipinski definition) is 6. The van der Waals surface area contributed by atoms with Gasteiger partial charge in [-0.25, -0.2) is 9.59 Å². The van der Waals surface area contributed by atoms with Crippen molar-refractivity contribution < 1.29 is 19.1 Å². The third kappa shape index (κ3) is 10.6. The quantitative estimate of drug-likeness (QED) is 0.315. The second-order valence-electron chi connectivity index (χ2n) is 11.9. The summed E-state index contributed by atoms with van der Waals surface area (Å²) in [6, 6.07) is 16.7. The van der Waals surface area contributed by atoms with Crippen LogP contribution in [0.15, 0.2) is 53.0 Å². The Kier molecular flexibility index (Phi) is 11.4. The Morgan fingerprint density at radius 2 is 0.950 bits per heavy atom. The lowest BCUT2D eigenvalue weighted by Gasteiger charge is -2.36. The van der Waals surface area contributed by atoms with Crippen LogP contribution in [0.5, 0.6) is 0 Å². The standard InChI is InChI=1S/C15H21BrN2O2.C15H21IN2O2/c2*1-15(2,3)20-14(19)18-10-8-17(9-11-18)13-6-4-12(16)5-7-13/h2*4-7H,8-11H2,1-3H3. The summed E-state index contributed by atoms with van der Waals surface area (Å²) in [6.45, 7) is 17.5. The Hall–Kier alpha value is -2.21. The Balaban J connectivity index is 0.000000220. The molecule has 2 amide bonds. The third-order valence-electron chi connectivity index (χ3n) is 6.25. The van der Waals surface area contributed by atoms with Gasteiger partial charge in [-0.3, -0.25) is 0 Å². The molecule has 2 aliphatic rings. The van der Waals surface area contributed by atoms with Crippen molar-refractivity contribution in [1.29, 1.82) is 0 Å². The van der Waals surface area contributed by atoms with Crippen LogP contribution in [0.25, 0.3) is 0 Å². The van der Waals surface area contributed by atoms with E-state index in [9.17, 15) is 9.59 Å². The summed E-state index contributed by atoms with van der Waals surface area (Å²) in [5.41, 5.74) is 1.55. The van der Waals surface area contributed by atoms with Crippen molar-refractivity contribution in [2.75, 3.05) is 62.2 Å². The monoisotopic (exact) mass is 728 g/mol. The van der Waals surface area contributed by atoms with Crippen molar-refractivity contribution in [1.82, 2.24) is 9.80 Å². The van der Waals surface area contributed by atoms with E-state index in [4.69, 9.17) is 9.47 Å². The van der Waals surface area contributed by atoms with Gasteiger partial charge in [-0.15, -0.1) is 0 Å². The van der Waals surface area contributed by atoms with E-state index in [1.807, 2.05) is 53.7 Å². The zero-order chi connectivity index (χ0) is 29.5. The van der Waals surface area contributed by atoms with Gasteiger partial charge in [0.15, 0.2) is 0 Å². The molecule has 8 nitrogen and oxygen atoms in total. The van der Waals surface area contributed by atoms with Crippen molar-refractivity contribution in [2.24, 2.45) is 0 Å². The van der Waals surface area contributed by atoms with Crippen LogP contribution < -0.4 is 9.80 Å². The molecule has 10 heteroatoms. The van der Waals surface area contributed by atoms with Gasteiger partial charge in [-0.05, 0) is 113 Å². The van der Waals surface area contributed by atoms with Crippen molar-refractivity contribution in [3.05, 3.63) is 56.6 Å². The number of ether oxygens (including phenoxy) is 2. The molecular weight excluding hydrogens is 687 g/mol. The first-order valence-electron chi connectivity index (χ1n) is 13.7. The van der Waals surface area contributed by atoms with E-state index in [2.05, 4.69) is 84.7 Å². The first kappa shape index (κ1) is 32.3. The minimum absolute atomic E-state index is 0.209. The molecule has 2 saturated heterocycles. The summed E-state index contributed by atoms with van der Waals surface area (Å²) < 4.78 is 13.1. The molecule has 2 aromatic rings. The molecule has 4 rings (SSSR count). The van der Waals surface area contributed by atoms with Crippen LogP contribution in [-0.2, 0) is 9.47 Å². The van der Waals surface area contributed by atoms with E-state index in [0.29, 0.717) is 26.2 Å². The highest BCUT2D eigenvalue weighted by molar-refractivity contribution is 14.1. The molecule has 0 saturated carbocycles. The summed E-state index contributed by atoms with van der Waals surface area (Å²) in [4.78, 5) is 32.1. The number of piperazine rings is 2. The number of hydrogen-bond donors (Lipinski definition) is 0. The number of benzene rings is 2. The first-order valence-corrected chi connectivity index (χ1v) is 15.5. The zero-order valence-electron chi connectivity index (χ0n) is 24.5. The number of carbonyl (C=O) groups excluding carboxylic acids is 2. The van der Waals surface area contributed by atoms with Crippen molar-refractivity contribution in [3.63, 3.8) is 0 Å². The molecule has 0 bridgehead atoms. The number of nitrogens with zero attached hydrogens (tertiary/aromatic N) is 4. The molecule has 0 aliphatic carbocycles. The summed E-state index contributed by atoms with van der Waals surface area (Å²) in [6.07, 6.45) is -0.423. The average Bonchev–Trinajstić information content (AvgIpc) is 2.88. The minimum Gasteiger partial charge on any atom is -0.444 e. The molecule has 0 aromatic heterocycles. The van der Waals surface area contributed by atoms with Gasteiger partial charge in [0.1, 0.15) is 11.2 Å². The predicted molar refractivity (Wildman–Crippen MR) is 173 cm³/mol. The molecule has 0 atom stereocenters. The fourth-order valence-corrected chi connectivity index (χ4v) is 4.88. The lowest BCUT2D eigenvalue weighted by molar-refractivity contribution is 0.0230. The van der Waals surface area contributed by atoms with Crippen LogP contribution in [-0.4, -0.2) is 85.5 Å². The SMILES string of the molecule is CC(C)(C)OC(=O)N1CCN(c2ccc(Br)cc2)CC1.CC(C)(C)OC(=O)N1CCN(c2ccc(I)cc2)CC1. The van der Waals surface area contributed by atoms with Gasteiger partial charge >= 0.3 is 12.2 Å². The van der Waals surface area contributed by atoms with Crippen LogP contribution in [0.3, 0.4) is 0 Å². The number of halogens is 2. The molecule has 2 heterocycles. The maximum atomic E-state index is 12.0. The fraction of sp³-hybridized carbons (Fsp3) is 0.533. The van der Waals surface area contributed by atoms with Gasteiger partial charge in [0.2, 0.25) is 0 Å². The van der Waals surface area contributed by atoms with Crippen LogP contribution in [0.4, 0.5) is 21.0 Å². The van der Waals surface area contributed by atoms with Gasteiger partial charge in [0.05, 0.1) is 0 Å². The largest absolute Gasteiger partial charge is 0.444 e. The highest BCUT2D eigenvalue weighted by atomic mass is 127. The fourth-order valence-electron chi connectivity index (χ4n) is 4.25. The molecule has 0 unspecified atom stereocenters. The summed E-state index contributed by atoms with van der Waals surface area (Å²) in [7, 11) is 0. The van der Waals surface area contributed by atoms with Crippen molar-refractivity contribution in [2.45, 2.75) is 52.7 Å². The molecule has 40 heavy (non-hydrogen) atoms. The van der Waals surface area contributed by atoms with Crippen molar-refractivity contribution in [3.8, 4) is 0 Å². The van der Waals surface area contributed by atoms with Gasteiger partial charge < -0.3 is 29.1 Å². The number of anilines is 2. The Labute approximate surface area is 261 Å². The van der Waals surface area contributed by atoms with E-state index < -0.39 is 11.2 Å². The van der Waals surface area contributed by atoms with Crippen LogP contribution in [0.2, 0.25) is 0 Å². The Morgan fingerprint density at radius 3 is 1.27 bits per heavy atom. The molecular formula is C30H42BrIN4O4. The Bertz CT molecular complexity index is 1010. The molecule has 2 aromatic carbocycles. The smallest absolute Gasteiger partial charge is 0.410 e. The predicted octanol–water partition coefficient (Wildman–Crippen LogP) is 6.85. The van der Waals surface area contributed by atoms with Crippen LogP contribution in [0.1, 0.15) is 41.5 Å². The summed E-state index contributed by atoms with van der Waals surface area (Å²) in [5.74, 6) is 0. The van der Waals surface area contributed by atoms with Crippen LogP contribution in [0, 0.1) is 3.57 Å². The van der Waals surface area contributed by atoms with E-state index in [1.54, 1.807) is 9.80 Å². The summed E-state index contributed by atoms with van der Waals surface area (Å²) in [5, 5.41) is 0. The number of carbonyl (C=O) groups is 2. The lowest BCUT2D eigenvalue weighted by atomic mass is 10.2. The minimum atomic E-state index is -0.431. The van der Waals surface area contributed by atoms with E-state index in [0.717, 1.165) is 30.7 Å². The highest BCUT2D eigenvalue weighted by Crippen LogP contribution is 2.21. The Morgan fingerprint density at radius 1 is 0.625 bits per heavy atom. The maximum absolute atomic E-state index is 12.0. The van der Waals surface area contributed by atoms with Gasteiger partial charge in [-0.2, -0.15) is 0 Å². The zero-order valence-corrected chi connectivity index (χ0v) is 28.2. The topological polar surface area (TPSA) is 65.6 Å². The second kappa shape index (κ2) is 14.1. The lowest BCUT2D eigenvalue weighted by Crippen LogP contribution is -2.50. The van der Waals surface area contributed by atoms with Crippen LogP contribution >= 0.6 is 38.5 Å². The molecule has 2 aliphatic heterocycles. The average molecular weight is 729 g/mol. The third-order valence-corrected chi connectivity index (χ3v) is 7.49. The van der Waals surface area contributed by atoms with E-state index in [-0.39, 0.29) is 12.2 Å². The van der Waals surface area contributed by atoms with Gasteiger partial charge in [0.25, 0.3) is 0 Å². The molecule has 0 N–H and O–H groups in total.